The third kappa shape index (κ3) is 6.35. The lowest BCUT2D eigenvalue weighted by Gasteiger charge is -2.12. The van der Waals surface area contributed by atoms with E-state index in [9.17, 15) is 13.2 Å². The number of carbonyl (C=O) groups is 1. The number of aliphatic carboxylic acids is 1. The Bertz CT molecular complexity index is 523. The molecule has 0 aliphatic rings. The van der Waals surface area contributed by atoms with Crippen LogP contribution in [0.3, 0.4) is 0 Å². The third-order valence-electron chi connectivity index (χ3n) is 2.42. The number of aryl methyl sites for hydroxylation is 1. The van der Waals surface area contributed by atoms with Crippen LogP contribution in [-0.2, 0) is 20.6 Å². The largest absolute Gasteiger partial charge is 0.481 e. The summed E-state index contributed by atoms with van der Waals surface area (Å²) in [5.41, 5.74) is 0.350. The highest BCUT2D eigenvalue weighted by molar-refractivity contribution is 7.88. The molecule has 108 valence electrons. The van der Waals surface area contributed by atoms with Gasteiger partial charge in [-0.05, 0) is 26.7 Å². The molecule has 0 aromatic carbocycles. The quantitative estimate of drug-likeness (QED) is 0.740. The van der Waals surface area contributed by atoms with Crippen molar-refractivity contribution in [1.29, 1.82) is 0 Å². The van der Waals surface area contributed by atoms with E-state index in [0.29, 0.717) is 24.3 Å². The smallest absolute Gasteiger partial charge is 0.303 e. The molecule has 0 saturated heterocycles. The van der Waals surface area contributed by atoms with Crippen LogP contribution in [0.5, 0.6) is 0 Å². The first-order valence-corrected chi connectivity index (χ1v) is 7.58. The van der Waals surface area contributed by atoms with Crippen molar-refractivity contribution in [3.8, 4) is 0 Å². The summed E-state index contributed by atoms with van der Waals surface area (Å²) >= 11 is 0. The third-order valence-corrected chi connectivity index (χ3v) is 3.86. The van der Waals surface area contributed by atoms with Crippen molar-refractivity contribution in [2.75, 3.05) is 0 Å². The molecule has 0 aliphatic carbocycles. The highest BCUT2D eigenvalue weighted by Crippen LogP contribution is 2.08. The normalized spacial score (nSPS) is 13.4. The Kier molecular flexibility index (Phi) is 5.49. The first-order valence-electron chi connectivity index (χ1n) is 5.92. The second-order valence-corrected chi connectivity index (χ2v) is 6.25. The average Bonchev–Trinajstić information content (AvgIpc) is 2.61. The molecule has 0 radical (unpaired) electrons. The van der Waals surface area contributed by atoms with Gasteiger partial charge in [0.1, 0.15) is 17.2 Å². The van der Waals surface area contributed by atoms with E-state index >= 15 is 0 Å². The zero-order chi connectivity index (χ0) is 14.5. The van der Waals surface area contributed by atoms with Crippen LogP contribution in [0.25, 0.3) is 0 Å². The molecule has 1 aromatic heterocycles. The van der Waals surface area contributed by atoms with E-state index in [1.54, 1.807) is 19.9 Å². The summed E-state index contributed by atoms with van der Waals surface area (Å²) in [6, 6.07) is 1.26. The fourth-order valence-electron chi connectivity index (χ4n) is 1.65. The topological polar surface area (TPSA) is 110 Å². The van der Waals surface area contributed by atoms with Crippen LogP contribution < -0.4 is 4.72 Å². The van der Waals surface area contributed by atoms with Crippen LogP contribution >= 0.6 is 0 Å². The lowest BCUT2D eigenvalue weighted by atomic mass is 10.1. The van der Waals surface area contributed by atoms with E-state index in [1.165, 1.54) is 0 Å². The molecule has 2 N–H and O–H groups in total. The van der Waals surface area contributed by atoms with Gasteiger partial charge < -0.3 is 9.63 Å². The fraction of sp³-hybridized carbons (Fsp3) is 0.636. The molecule has 0 fully saturated rings. The minimum atomic E-state index is -3.49. The first-order chi connectivity index (χ1) is 8.78. The van der Waals surface area contributed by atoms with E-state index in [-0.39, 0.29) is 18.2 Å². The Hall–Kier alpha value is -1.41. The Morgan fingerprint density at radius 1 is 1.58 bits per heavy atom. The summed E-state index contributed by atoms with van der Waals surface area (Å²) in [4.78, 5) is 10.4. The standard InChI is InChI=1S/C11H18N2O5S/c1-8(4-3-5-11(14)15)13-19(16,17)7-10-6-9(2)18-12-10/h6,8,13H,3-5,7H2,1-2H3,(H,14,15). The zero-order valence-electron chi connectivity index (χ0n) is 10.9. The molecular formula is C11H18N2O5S. The van der Waals surface area contributed by atoms with Gasteiger partial charge in [0.25, 0.3) is 0 Å². The summed E-state index contributed by atoms with van der Waals surface area (Å²) in [6.07, 6.45) is 0.944. The predicted molar refractivity (Wildman–Crippen MR) is 67.9 cm³/mol. The minimum absolute atomic E-state index is 0.0363. The molecule has 0 amide bonds. The van der Waals surface area contributed by atoms with Gasteiger partial charge in [-0.3, -0.25) is 4.79 Å². The molecule has 7 nitrogen and oxygen atoms in total. The molecular weight excluding hydrogens is 272 g/mol. The molecule has 19 heavy (non-hydrogen) atoms. The molecule has 0 saturated carbocycles. The van der Waals surface area contributed by atoms with Crippen molar-refractivity contribution < 1.29 is 22.8 Å². The van der Waals surface area contributed by atoms with Gasteiger partial charge in [-0.2, -0.15) is 0 Å². The van der Waals surface area contributed by atoms with Crippen molar-refractivity contribution in [3.05, 3.63) is 17.5 Å². The lowest BCUT2D eigenvalue weighted by molar-refractivity contribution is -0.137. The summed E-state index contributed by atoms with van der Waals surface area (Å²) in [7, 11) is -3.49. The minimum Gasteiger partial charge on any atom is -0.481 e. The van der Waals surface area contributed by atoms with Crippen LogP contribution in [0.2, 0.25) is 0 Å². The number of hydrogen-bond donors (Lipinski definition) is 2. The number of sulfonamides is 1. The second kappa shape index (κ2) is 6.67. The van der Waals surface area contributed by atoms with Crippen molar-refractivity contribution >= 4 is 16.0 Å². The molecule has 0 spiro atoms. The second-order valence-electron chi connectivity index (χ2n) is 4.49. The lowest BCUT2D eigenvalue weighted by Crippen LogP contribution is -2.33. The Labute approximate surface area is 112 Å². The van der Waals surface area contributed by atoms with Gasteiger partial charge >= 0.3 is 5.97 Å². The number of rotatable bonds is 8. The maximum atomic E-state index is 11.8. The molecule has 0 aliphatic heterocycles. The van der Waals surface area contributed by atoms with E-state index in [1.807, 2.05) is 0 Å². The van der Waals surface area contributed by atoms with E-state index in [0.717, 1.165) is 0 Å². The van der Waals surface area contributed by atoms with Gasteiger partial charge in [-0.25, -0.2) is 13.1 Å². The zero-order valence-corrected chi connectivity index (χ0v) is 11.7. The molecule has 1 heterocycles. The van der Waals surface area contributed by atoms with E-state index in [4.69, 9.17) is 9.63 Å². The Balaban J connectivity index is 2.43. The van der Waals surface area contributed by atoms with E-state index in [2.05, 4.69) is 9.88 Å². The van der Waals surface area contributed by atoms with Crippen molar-refractivity contribution in [2.24, 2.45) is 0 Å². The summed E-state index contributed by atoms with van der Waals surface area (Å²) in [5, 5.41) is 12.1. The Morgan fingerprint density at radius 3 is 2.79 bits per heavy atom. The maximum absolute atomic E-state index is 11.8. The number of carboxylic acids is 1. The van der Waals surface area contributed by atoms with Crippen LogP contribution in [0.1, 0.15) is 37.6 Å². The van der Waals surface area contributed by atoms with Crippen molar-refractivity contribution in [1.82, 2.24) is 9.88 Å². The molecule has 8 heteroatoms. The van der Waals surface area contributed by atoms with Crippen molar-refractivity contribution in [3.63, 3.8) is 0 Å². The summed E-state index contributed by atoms with van der Waals surface area (Å²) in [6.45, 7) is 3.39. The highest BCUT2D eigenvalue weighted by atomic mass is 32.2. The first kappa shape index (κ1) is 15.6. The van der Waals surface area contributed by atoms with Crippen LogP contribution in [0, 0.1) is 6.92 Å². The average molecular weight is 290 g/mol. The van der Waals surface area contributed by atoms with Gasteiger partial charge in [0, 0.05) is 18.5 Å². The van der Waals surface area contributed by atoms with Gasteiger partial charge in [0.05, 0.1) is 0 Å². The highest BCUT2D eigenvalue weighted by Gasteiger charge is 2.17. The SMILES string of the molecule is Cc1cc(CS(=O)(=O)NC(C)CCCC(=O)O)no1. The molecule has 1 rings (SSSR count). The molecule has 0 bridgehead atoms. The number of nitrogens with zero attached hydrogens (tertiary/aromatic N) is 1. The van der Waals surface area contributed by atoms with Crippen LogP contribution in [0.15, 0.2) is 10.6 Å². The predicted octanol–water partition coefficient (Wildman–Crippen LogP) is 1.05. The number of aromatic nitrogens is 1. The number of nitrogens with one attached hydrogen (secondary N) is 1. The van der Waals surface area contributed by atoms with Gasteiger partial charge in [-0.15, -0.1) is 0 Å². The maximum Gasteiger partial charge on any atom is 0.303 e. The van der Waals surface area contributed by atoms with Gasteiger partial charge in [0.15, 0.2) is 0 Å². The number of carboxylic acid groups (broad SMARTS) is 1. The van der Waals surface area contributed by atoms with E-state index < -0.39 is 16.0 Å². The monoisotopic (exact) mass is 290 g/mol. The molecule has 1 aromatic rings. The van der Waals surface area contributed by atoms with Gasteiger partial charge in [-0.1, -0.05) is 5.16 Å². The van der Waals surface area contributed by atoms with Crippen molar-refractivity contribution in [2.45, 2.75) is 44.9 Å². The summed E-state index contributed by atoms with van der Waals surface area (Å²) < 4.78 is 30.9. The fourth-order valence-corrected chi connectivity index (χ4v) is 2.99. The molecule has 1 unspecified atom stereocenters. The van der Waals surface area contributed by atoms with Crippen LogP contribution in [0.4, 0.5) is 0 Å². The number of hydrogen-bond acceptors (Lipinski definition) is 5. The molecule has 1 atom stereocenters. The van der Waals surface area contributed by atoms with Crippen LogP contribution in [-0.4, -0.2) is 30.7 Å². The summed E-state index contributed by atoms with van der Waals surface area (Å²) in [5.74, 6) is -0.569. The van der Waals surface area contributed by atoms with Gasteiger partial charge in [0.2, 0.25) is 10.0 Å². The Morgan fingerprint density at radius 2 is 2.26 bits per heavy atom.